The van der Waals surface area contributed by atoms with Gasteiger partial charge in [0.25, 0.3) is 6.43 Å². The van der Waals surface area contributed by atoms with Crippen LogP contribution in [0, 0.1) is 0 Å². The Bertz CT molecular complexity index is 187. The molecule has 0 amide bonds. The van der Waals surface area contributed by atoms with Crippen molar-refractivity contribution in [2.75, 3.05) is 19.6 Å². The summed E-state index contributed by atoms with van der Waals surface area (Å²) in [7, 11) is 0. The molecule has 1 saturated heterocycles. The molecule has 15 heavy (non-hydrogen) atoms. The molecule has 0 aromatic carbocycles. The fourth-order valence-electron chi connectivity index (χ4n) is 2.26. The van der Waals surface area contributed by atoms with Crippen LogP contribution in [-0.2, 0) is 0 Å². The Hall–Kier alpha value is -0.220. The highest BCUT2D eigenvalue weighted by molar-refractivity contribution is 4.95. The number of hydrogen-bond acceptors (Lipinski definition) is 2. The summed E-state index contributed by atoms with van der Waals surface area (Å²) >= 11 is 0. The van der Waals surface area contributed by atoms with Gasteiger partial charge in [-0.05, 0) is 33.2 Å². The van der Waals surface area contributed by atoms with Crippen molar-refractivity contribution < 1.29 is 8.78 Å². The predicted molar refractivity (Wildman–Crippen MR) is 58.4 cm³/mol. The van der Waals surface area contributed by atoms with E-state index in [0.29, 0.717) is 25.4 Å². The number of halogens is 2. The van der Waals surface area contributed by atoms with E-state index >= 15 is 0 Å². The van der Waals surface area contributed by atoms with E-state index in [1.54, 1.807) is 0 Å². The van der Waals surface area contributed by atoms with E-state index in [0.717, 1.165) is 13.1 Å². The number of alkyl halides is 2. The van der Waals surface area contributed by atoms with Gasteiger partial charge in [0.2, 0.25) is 0 Å². The van der Waals surface area contributed by atoms with E-state index in [1.165, 1.54) is 0 Å². The lowest BCUT2D eigenvalue weighted by Crippen LogP contribution is -2.58. The van der Waals surface area contributed by atoms with Crippen molar-refractivity contribution in [2.24, 2.45) is 0 Å². The summed E-state index contributed by atoms with van der Waals surface area (Å²) in [6.45, 7) is 8.28. The van der Waals surface area contributed by atoms with E-state index in [4.69, 9.17) is 0 Å². The van der Waals surface area contributed by atoms with Crippen LogP contribution in [-0.4, -0.2) is 42.5 Å². The molecule has 1 heterocycles. The van der Waals surface area contributed by atoms with Crippen molar-refractivity contribution in [1.82, 2.24) is 10.2 Å². The smallest absolute Gasteiger partial charge is 0.256 e. The molecule has 1 N–H and O–H groups in total. The van der Waals surface area contributed by atoms with Gasteiger partial charge in [0.05, 0.1) is 5.54 Å². The van der Waals surface area contributed by atoms with Gasteiger partial charge in [-0.3, -0.25) is 0 Å². The molecule has 0 bridgehead atoms. The third kappa shape index (κ3) is 2.88. The van der Waals surface area contributed by atoms with Crippen molar-refractivity contribution in [3.8, 4) is 0 Å². The number of nitrogens with one attached hydrogen (secondary N) is 1. The molecule has 1 aliphatic rings. The monoisotopic (exact) mass is 220 g/mol. The molecule has 0 aromatic heterocycles. The van der Waals surface area contributed by atoms with Crippen LogP contribution >= 0.6 is 0 Å². The molecule has 0 saturated carbocycles. The van der Waals surface area contributed by atoms with E-state index in [2.05, 4.69) is 24.1 Å². The largest absolute Gasteiger partial charge is 0.307 e. The lowest BCUT2D eigenvalue weighted by molar-refractivity contribution is -0.0154. The molecule has 0 atom stereocenters. The van der Waals surface area contributed by atoms with Crippen molar-refractivity contribution >= 4 is 0 Å². The first-order valence-corrected chi connectivity index (χ1v) is 5.79. The van der Waals surface area contributed by atoms with Gasteiger partial charge in [0.15, 0.2) is 0 Å². The quantitative estimate of drug-likeness (QED) is 0.780. The first-order chi connectivity index (χ1) is 7.02. The highest BCUT2D eigenvalue weighted by atomic mass is 19.3. The molecular formula is C11H22F2N2. The minimum absolute atomic E-state index is 0.460. The third-order valence-electron chi connectivity index (χ3n) is 3.37. The minimum atomic E-state index is -2.26. The zero-order valence-corrected chi connectivity index (χ0v) is 9.89. The normalized spacial score (nSPS) is 22.6. The zero-order chi connectivity index (χ0) is 11.5. The maximum absolute atomic E-state index is 13.0. The average molecular weight is 220 g/mol. The molecule has 0 unspecified atom stereocenters. The first-order valence-electron chi connectivity index (χ1n) is 5.79. The fourth-order valence-corrected chi connectivity index (χ4v) is 2.26. The topological polar surface area (TPSA) is 15.3 Å². The Balaban J connectivity index is 2.57. The van der Waals surface area contributed by atoms with E-state index in [1.807, 2.05) is 6.92 Å². The van der Waals surface area contributed by atoms with Gasteiger partial charge in [-0.2, -0.15) is 0 Å². The molecule has 1 rings (SSSR count). The summed E-state index contributed by atoms with van der Waals surface area (Å²) < 4.78 is 26.0. The number of likely N-dealkylation sites (tertiary alicyclic amines) is 1. The second kappa shape index (κ2) is 5.21. The summed E-state index contributed by atoms with van der Waals surface area (Å²) in [6.07, 6.45) is -1.15. The summed E-state index contributed by atoms with van der Waals surface area (Å²) in [5, 5.41) is 2.98. The van der Waals surface area contributed by atoms with Crippen LogP contribution in [0.1, 0.15) is 33.6 Å². The van der Waals surface area contributed by atoms with Crippen LogP contribution < -0.4 is 5.32 Å². The van der Waals surface area contributed by atoms with Crippen LogP contribution in [0.25, 0.3) is 0 Å². The number of rotatable bonds is 4. The standard InChI is InChI=1S/C11H22F2N2/c1-4-14-11(10(12)13)5-7-15(8-6-11)9(2)3/h9-10,14H,4-8H2,1-3H3. The van der Waals surface area contributed by atoms with Crippen molar-refractivity contribution in [3.05, 3.63) is 0 Å². The van der Waals surface area contributed by atoms with Gasteiger partial charge in [-0.25, -0.2) is 8.78 Å². The molecular weight excluding hydrogens is 198 g/mol. The molecule has 0 aromatic rings. The molecule has 0 aliphatic carbocycles. The molecule has 1 aliphatic heterocycles. The molecule has 0 radical (unpaired) electrons. The minimum Gasteiger partial charge on any atom is -0.307 e. The van der Waals surface area contributed by atoms with Crippen molar-refractivity contribution in [1.29, 1.82) is 0 Å². The highest BCUT2D eigenvalue weighted by Crippen LogP contribution is 2.29. The number of nitrogens with zero attached hydrogens (tertiary/aromatic N) is 1. The molecule has 4 heteroatoms. The van der Waals surface area contributed by atoms with Crippen molar-refractivity contribution in [2.45, 2.75) is 51.6 Å². The lowest BCUT2D eigenvalue weighted by Gasteiger charge is -2.43. The Morgan fingerprint density at radius 2 is 1.80 bits per heavy atom. The second-order valence-corrected chi connectivity index (χ2v) is 4.62. The predicted octanol–water partition coefficient (Wildman–Crippen LogP) is 2.10. The Morgan fingerprint density at radius 1 is 1.27 bits per heavy atom. The Kier molecular flexibility index (Phi) is 4.46. The highest BCUT2D eigenvalue weighted by Gasteiger charge is 2.42. The van der Waals surface area contributed by atoms with Gasteiger partial charge < -0.3 is 10.2 Å². The summed E-state index contributed by atoms with van der Waals surface area (Å²) in [5.41, 5.74) is -0.930. The van der Waals surface area contributed by atoms with Gasteiger partial charge in [-0.15, -0.1) is 0 Å². The van der Waals surface area contributed by atoms with E-state index in [9.17, 15) is 8.78 Å². The number of hydrogen-bond donors (Lipinski definition) is 1. The van der Waals surface area contributed by atoms with Crippen LogP contribution in [0.3, 0.4) is 0 Å². The maximum Gasteiger partial charge on any atom is 0.256 e. The van der Waals surface area contributed by atoms with E-state index in [-0.39, 0.29) is 0 Å². The van der Waals surface area contributed by atoms with Crippen LogP contribution in [0.4, 0.5) is 8.78 Å². The van der Waals surface area contributed by atoms with Gasteiger partial charge in [0, 0.05) is 19.1 Å². The van der Waals surface area contributed by atoms with Gasteiger partial charge in [0.1, 0.15) is 0 Å². The zero-order valence-electron chi connectivity index (χ0n) is 9.89. The van der Waals surface area contributed by atoms with Gasteiger partial charge in [-0.1, -0.05) is 6.92 Å². The maximum atomic E-state index is 13.0. The summed E-state index contributed by atoms with van der Waals surface area (Å²) in [6, 6.07) is 0.460. The number of piperidine rings is 1. The van der Waals surface area contributed by atoms with Crippen LogP contribution in [0.5, 0.6) is 0 Å². The SMILES string of the molecule is CCNC1(C(F)F)CCN(C(C)C)CC1. The lowest BCUT2D eigenvalue weighted by atomic mass is 9.87. The second-order valence-electron chi connectivity index (χ2n) is 4.62. The third-order valence-corrected chi connectivity index (χ3v) is 3.37. The van der Waals surface area contributed by atoms with E-state index < -0.39 is 12.0 Å². The molecule has 1 fully saturated rings. The summed E-state index contributed by atoms with van der Waals surface area (Å²) in [4.78, 5) is 2.26. The Morgan fingerprint density at radius 3 is 2.13 bits per heavy atom. The van der Waals surface area contributed by atoms with Crippen LogP contribution in [0.15, 0.2) is 0 Å². The molecule has 0 spiro atoms. The molecule has 2 nitrogen and oxygen atoms in total. The fraction of sp³-hybridized carbons (Fsp3) is 1.00. The summed E-state index contributed by atoms with van der Waals surface area (Å²) in [5.74, 6) is 0. The molecule has 90 valence electrons. The Labute approximate surface area is 91.0 Å². The van der Waals surface area contributed by atoms with Gasteiger partial charge >= 0.3 is 0 Å². The van der Waals surface area contributed by atoms with Crippen molar-refractivity contribution in [3.63, 3.8) is 0 Å². The van der Waals surface area contributed by atoms with Crippen LogP contribution in [0.2, 0.25) is 0 Å². The average Bonchev–Trinajstić information content (AvgIpc) is 2.18. The first kappa shape index (κ1) is 12.8.